The average Bonchev–Trinajstić information content (AvgIpc) is 3.21. The van der Waals surface area contributed by atoms with Crippen LogP contribution in [0.1, 0.15) is 24.1 Å². The zero-order chi connectivity index (χ0) is 27.2. The fourth-order valence-electron chi connectivity index (χ4n) is 4.05. The highest BCUT2D eigenvalue weighted by Crippen LogP contribution is 2.35. The first-order chi connectivity index (χ1) is 18.4. The van der Waals surface area contributed by atoms with Crippen LogP contribution in [0.15, 0.2) is 68.0 Å². The van der Waals surface area contributed by atoms with E-state index >= 15 is 0 Å². The fourth-order valence-corrected chi connectivity index (χ4v) is 5.61. The third kappa shape index (κ3) is 5.57. The molecule has 1 aliphatic rings. The van der Waals surface area contributed by atoms with Crippen molar-refractivity contribution in [2.45, 2.75) is 13.0 Å². The fraction of sp³-hybridized carbons (Fsp3) is 0.259. The van der Waals surface area contributed by atoms with Crippen LogP contribution in [0, 0.1) is 11.3 Å². The van der Waals surface area contributed by atoms with Crippen LogP contribution in [0.25, 0.3) is 6.08 Å². The average molecular weight is 598 g/mol. The molecule has 1 aromatic heterocycles. The minimum absolute atomic E-state index is 0.0676. The topological polar surface area (TPSA) is 112 Å². The van der Waals surface area contributed by atoms with Gasteiger partial charge in [0.15, 0.2) is 11.4 Å². The Morgan fingerprint density at radius 3 is 2.71 bits per heavy atom. The second kappa shape index (κ2) is 12.2. The van der Waals surface area contributed by atoms with Crippen LogP contribution in [0.2, 0.25) is 0 Å². The number of benzene rings is 2. The molecule has 0 saturated heterocycles. The van der Waals surface area contributed by atoms with Crippen molar-refractivity contribution >= 4 is 39.3 Å². The number of allylic oxidation sites excluding steroid dienone is 1. The van der Waals surface area contributed by atoms with Gasteiger partial charge in [0, 0.05) is 12.7 Å². The molecule has 9 nitrogen and oxygen atoms in total. The van der Waals surface area contributed by atoms with Gasteiger partial charge < -0.3 is 18.9 Å². The number of rotatable bonds is 9. The number of carbonyl (C=O) groups is 1. The molecule has 196 valence electrons. The predicted octanol–water partition coefficient (Wildman–Crippen LogP) is 3.10. The first-order valence-electron chi connectivity index (χ1n) is 11.5. The Kier molecular flexibility index (Phi) is 8.78. The lowest BCUT2D eigenvalue weighted by Gasteiger charge is -2.26. The lowest BCUT2D eigenvalue weighted by Crippen LogP contribution is -2.40. The molecule has 38 heavy (non-hydrogen) atoms. The van der Waals surface area contributed by atoms with Crippen molar-refractivity contribution in [1.82, 2.24) is 4.57 Å². The van der Waals surface area contributed by atoms with E-state index in [0.29, 0.717) is 36.6 Å². The van der Waals surface area contributed by atoms with Gasteiger partial charge in [-0.25, -0.2) is 9.79 Å². The standard InChI is InChI=1S/C27H24BrN3O6S/c1-16-23(26(33)37-13-12-34-2)24(18-6-4-5-7-20(18)35-3)31-25(32)22(38-27(31)30-16)15-17-8-9-21(19(28)14-17)36-11-10-29/h4-9,14-15,24H,11-13H2,1-3H3. The second-order valence-corrected chi connectivity index (χ2v) is 9.95. The Morgan fingerprint density at radius 1 is 1.21 bits per heavy atom. The Bertz CT molecular complexity index is 1620. The van der Waals surface area contributed by atoms with E-state index in [1.165, 1.54) is 30.1 Å². The van der Waals surface area contributed by atoms with Gasteiger partial charge in [0.2, 0.25) is 0 Å². The van der Waals surface area contributed by atoms with E-state index in [2.05, 4.69) is 20.9 Å². The summed E-state index contributed by atoms with van der Waals surface area (Å²) in [7, 11) is 3.06. The van der Waals surface area contributed by atoms with E-state index in [1.54, 1.807) is 37.3 Å². The maximum absolute atomic E-state index is 13.8. The monoisotopic (exact) mass is 597 g/mol. The van der Waals surface area contributed by atoms with Gasteiger partial charge in [-0.3, -0.25) is 9.36 Å². The van der Waals surface area contributed by atoms with E-state index in [0.717, 1.165) is 5.56 Å². The van der Waals surface area contributed by atoms with Crippen LogP contribution in [0.3, 0.4) is 0 Å². The van der Waals surface area contributed by atoms with Crippen molar-refractivity contribution in [3.63, 3.8) is 0 Å². The summed E-state index contributed by atoms with van der Waals surface area (Å²) in [5, 5.41) is 8.75. The van der Waals surface area contributed by atoms with Gasteiger partial charge in [-0.05, 0) is 52.7 Å². The molecule has 0 saturated carbocycles. The number of para-hydroxylation sites is 1. The SMILES string of the molecule is COCCOC(=O)C1=C(C)N=c2sc(=Cc3ccc(OCC#N)c(Br)c3)c(=O)n2C1c1ccccc1OC. The van der Waals surface area contributed by atoms with E-state index in [1.807, 2.05) is 24.3 Å². The Labute approximate surface area is 231 Å². The molecular formula is C27H24BrN3O6S. The maximum atomic E-state index is 13.8. The third-order valence-electron chi connectivity index (χ3n) is 5.74. The van der Waals surface area contributed by atoms with Crippen molar-refractivity contribution in [2.24, 2.45) is 4.99 Å². The molecule has 11 heteroatoms. The maximum Gasteiger partial charge on any atom is 0.338 e. The summed E-state index contributed by atoms with van der Waals surface area (Å²) in [4.78, 5) is 32.1. The smallest absolute Gasteiger partial charge is 0.338 e. The molecule has 0 radical (unpaired) electrons. The lowest BCUT2D eigenvalue weighted by atomic mass is 9.95. The number of thiazole rings is 1. The number of nitrogens with zero attached hydrogens (tertiary/aromatic N) is 3. The van der Waals surface area contributed by atoms with Crippen molar-refractivity contribution in [2.75, 3.05) is 34.0 Å². The van der Waals surface area contributed by atoms with Crippen molar-refractivity contribution in [1.29, 1.82) is 5.26 Å². The first kappa shape index (κ1) is 27.3. The molecular weight excluding hydrogens is 574 g/mol. The number of halogens is 1. The molecule has 1 atom stereocenters. The quantitative estimate of drug-likeness (QED) is 0.275. The second-order valence-electron chi connectivity index (χ2n) is 8.09. The van der Waals surface area contributed by atoms with Crippen LogP contribution in [-0.4, -0.2) is 44.6 Å². The summed E-state index contributed by atoms with van der Waals surface area (Å²) < 4.78 is 24.0. The number of hydrogen-bond acceptors (Lipinski definition) is 9. The molecule has 3 aromatic rings. The molecule has 0 aliphatic carbocycles. The number of fused-ring (bicyclic) bond motifs is 1. The summed E-state index contributed by atoms with van der Waals surface area (Å²) in [5.74, 6) is 0.472. The van der Waals surface area contributed by atoms with Gasteiger partial charge in [0.1, 0.15) is 30.2 Å². The number of methoxy groups -OCH3 is 2. The van der Waals surface area contributed by atoms with E-state index < -0.39 is 12.0 Å². The Balaban J connectivity index is 1.86. The highest BCUT2D eigenvalue weighted by molar-refractivity contribution is 9.10. The number of aromatic nitrogens is 1. The van der Waals surface area contributed by atoms with Crippen molar-refractivity contribution < 1.29 is 23.7 Å². The largest absolute Gasteiger partial charge is 0.496 e. The minimum Gasteiger partial charge on any atom is -0.496 e. The number of nitriles is 1. The predicted molar refractivity (Wildman–Crippen MR) is 145 cm³/mol. The molecule has 0 spiro atoms. The number of carbonyl (C=O) groups excluding carboxylic acids is 1. The van der Waals surface area contributed by atoms with Gasteiger partial charge in [0.05, 0.1) is 34.0 Å². The van der Waals surface area contributed by atoms with Crippen LogP contribution in [0.4, 0.5) is 0 Å². The van der Waals surface area contributed by atoms with Gasteiger partial charge in [-0.2, -0.15) is 5.26 Å². The summed E-state index contributed by atoms with van der Waals surface area (Å²) in [6, 6.07) is 13.7. The summed E-state index contributed by atoms with van der Waals surface area (Å²) in [5.41, 5.74) is 1.79. The highest BCUT2D eigenvalue weighted by Gasteiger charge is 2.35. The molecule has 2 aromatic carbocycles. The summed E-state index contributed by atoms with van der Waals surface area (Å²) >= 11 is 4.67. The minimum atomic E-state index is -0.798. The van der Waals surface area contributed by atoms with Gasteiger partial charge in [-0.1, -0.05) is 35.6 Å². The van der Waals surface area contributed by atoms with Crippen LogP contribution in [-0.2, 0) is 14.3 Å². The molecule has 2 heterocycles. The zero-order valence-electron chi connectivity index (χ0n) is 20.9. The molecule has 1 aliphatic heterocycles. The van der Waals surface area contributed by atoms with Crippen molar-refractivity contribution in [3.8, 4) is 17.6 Å². The number of ether oxygens (including phenoxy) is 4. The zero-order valence-corrected chi connectivity index (χ0v) is 23.3. The van der Waals surface area contributed by atoms with E-state index in [9.17, 15) is 9.59 Å². The summed E-state index contributed by atoms with van der Waals surface area (Å²) in [6.07, 6.45) is 1.75. The molecule has 0 N–H and O–H groups in total. The molecule has 1 unspecified atom stereocenters. The Hall–Kier alpha value is -3.72. The molecule has 0 amide bonds. The first-order valence-corrected chi connectivity index (χ1v) is 13.1. The van der Waals surface area contributed by atoms with Gasteiger partial charge in [-0.15, -0.1) is 0 Å². The number of esters is 1. The highest BCUT2D eigenvalue weighted by atomic mass is 79.9. The van der Waals surface area contributed by atoms with Gasteiger partial charge >= 0.3 is 5.97 Å². The van der Waals surface area contributed by atoms with Crippen molar-refractivity contribution in [3.05, 3.63) is 89.0 Å². The normalized spacial score (nSPS) is 14.9. The van der Waals surface area contributed by atoms with E-state index in [4.69, 9.17) is 24.2 Å². The van der Waals surface area contributed by atoms with Crippen LogP contribution < -0.4 is 24.4 Å². The molecule has 4 rings (SSSR count). The van der Waals surface area contributed by atoms with Gasteiger partial charge in [0.25, 0.3) is 5.56 Å². The molecule has 0 fully saturated rings. The Morgan fingerprint density at radius 2 is 2.00 bits per heavy atom. The van der Waals surface area contributed by atoms with Crippen LogP contribution >= 0.6 is 27.3 Å². The molecule has 0 bridgehead atoms. The van der Waals surface area contributed by atoms with E-state index in [-0.39, 0.29) is 31.0 Å². The lowest BCUT2D eigenvalue weighted by molar-refractivity contribution is -0.140. The van der Waals surface area contributed by atoms with Crippen LogP contribution in [0.5, 0.6) is 11.5 Å². The third-order valence-corrected chi connectivity index (χ3v) is 7.34. The number of hydrogen-bond donors (Lipinski definition) is 0. The summed E-state index contributed by atoms with van der Waals surface area (Å²) in [6.45, 7) is 1.96.